The number of rotatable bonds is 5. The van der Waals surface area contributed by atoms with Gasteiger partial charge in [0.1, 0.15) is 5.75 Å². The first-order chi connectivity index (χ1) is 8.73. The lowest BCUT2D eigenvalue weighted by Crippen LogP contribution is -2.52. The van der Waals surface area contributed by atoms with Crippen molar-refractivity contribution < 1.29 is 9.53 Å². The van der Waals surface area contributed by atoms with Crippen molar-refractivity contribution in [3.05, 3.63) is 28.2 Å². The van der Waals surface area contributed by atoms with E-state index >= 15 is 0 Å². The summed E-state index contributed by atoms with van der Waals surface area (Å²) in [6.45, 7) is 5.67. The second kappa shape index (κ2) is 6.46. The minimum Gasteiger partial charge on any atom is -0.481 e. The van der Waals surface area contributed by atoms with Crippen molar-refractivity contribution >= 4 is 29.1 Å². The highest BCUT2D eigenvalue weighted by Crippen LogP contribution is 2.25. The Balaban J connectivity index is 2.68. The first kappa shape index (κ1) is 16.1. The van der Waals surface area contributed by atoms with Crippen molar-refractivity contribution in [2.45, 2.75) is 32.4 Å². The van der Waals surface area contributed by atoms with E-state index in [2.05, 4.69) is 5.32 Å². The number of ether oxygens (including phenoxy) is 1. The molecule has 1 unspecified atom stereocenters. The molecule has 0 aliphatic heterocycles. The van der Waals surface area contributed by atoms with Crippen LogP contribution in [-0.4, -0.2) is 24.1 Å². The number of amides is 1. The third-order valence-electron chi connectivity index (χ3n) is 2.49. The molecular formula is C13H18Cl2N2O2. The molecule has 0 fully saturated rings. The zero-order valence-corrected chi connectivity index (χ0v) is 12.7. The van der Waals surface area contributed by atoms with Gasteiger partial charge in [-0.05, 0) is 39.0 Å². The molecule has 4 nitrogen and oxygen atoms in total. The Bertz CT molecular complexity index is 444. The number of benzene rings is 1. The maximum absolute atomic E-state index is 11.9. The summed E-state index contributed by atoms with van der Waals surface area (Å²) in [6, 6.07) is 4.80. The summed E-state index contributed by atoms with van der Waals surface area (Å²) in [5, 5.41) is 3.71. The summed E-state index contributed by atoms with van der Waals surface area (Å²) in [6.07, 6.45) is -0.666. The number of hydrogen-bond acceptors (Lipinski definition) is 3. The van der Waals surface area contributed by atoms with Gasteiger partial charge in [0, 0.05) is 22.1 Å². The van der Waals surface area contributed by atoms with Gasteiger partial charge < -0.3 is 15.8 Å². The first-order valence-corrected chi connectivity index (χ1v) is 6.64. The quantitative estimate of drug-likeness (QED) is 0.879. The van der Waals surface area contributed by atoms with Crippen LogP contribution in [0, 0.1) is 0 Å². The molecule has 0 saturated heterocycles. The zero-order valence-electron chi connectivity index (χ0n) is 11.2. The van der Waals surface area contributed by atoms with E-state index in [1.54, 1.807) is 25.1 Å². The molecule has 0 radical (unpaired) electrons. The Hall–Kier alpha value is -0.970. The number of nitrogens with two attached hydrogens (primary N) is 1. The number of nitrogens with one attached hydrogen (secondary N) is 1. The second-order valence-electron chi connectivity index (χ2n) is 4.94. The van der Waals surface area contributed by atoms with Gasteiger partial charge in [0.15, 0.2) is 6.10 Å². The molecule has 1 atom stereocenters. The van der Waals surface area contributed by atoms with Crippen LogP contribution in [0.2, 0.25) is 10.0 Å². The van der Waals surface area contributed by atoms with Crippen LogP contribution in [-0.2, 0) is 4.79 Å². The average molecular weight is 305 g/mol. The van der Waals surface area contributed by atoms with Gasteiger partial charge in [-0.25, -0.2) is 0 Å². The molecule has 0 spiro atoms. The maximum Gasteiger partial charge on any atom is 0.261 e. The van der Waals surface area contributed by atoms with Gasteiger partial charge in [0.05, 0.1) is 0 Å². The number of carbonyl (C=O) groups excluding carboxylic acids is 1. The van der Waals surface area contributed by atoms with E-state index < -0.39 is 11.6 Å². The zero-order chi connectivity index (χ0) is 14.6. The lowest BCUT2D eigenvalue weighted by molar-refractivity contribution is -0.128. The molecule has 1 amide bonds. The number of carbonyl (C=O) groups is 1. The van der Waals surface area contributed by atoms with Crippen molar-refractivity contribution in [3.63, 3.8) is 0 Å². The summed E-state index contributed by atoms with van der Waals surface area (Å²) in [5.41, 5.74) is 5.09. The van der Waals surface area contributed by atoms with Crippen molar-refractivity contribution in [3.8, 4) is 5.75 Å². The topological polar surface area (TPSA) is 64.3 Å². The SMILES string of the molecule is CC(Oc1cc(Cl)cc(Cl)c1)C(=O)NC(C)(C)CN. The lowest BCUT2D eigenvalue weighted by atomic mass is 10.1. The molecule has 6 heteroatoms. The molecule has 1 rings (SSSR count). The van der Waals surface area contributed by atoms with E-state index in [9.17, 15) is 4.79 Å². The standard InChI is InChI=1S/C13H18Cl2N2O2/c1-8(12(18)17-13(2,3)7-16)19-11-5-9(14)4-10(15)6-11/h4-6,8H,7,16H2,1-3H3,(H,17,18). The molecule has 1 aromatic rings. The number of halogens is 2. The first-order valence-electron chi connectivity index (χ1n) is 5.88. The predicted molar refractivity (Wildman–Crippen MR) is 77.8 cm³/mol. The minimum absolute atomic E-state index is 0.244. The van der Waals surface area contributed by atoms with Crippen LogP contribution in [0.1, 0.15) is 20.8 Å². The normalized spacial score (nSPS) is 12.9. The molecule has 106 valence electrons. The van der Waals surface area contributed by atoms with Crippen LogP contribution >= 0.6 is 23.2 Å². The van der Waals surface area contributed by atoms with Gasteiger partial charge in [0.25, 0.3) is 5.91 Å². The highest BCUT2D eigenvalue weighted by molar-refractivity contribution is 6.34. The van der Waals surface area contributed by atoms with Gasteiger partial charge in [-0.3, -0.25) is 4.79 Å². The fourth-order valence-electron chi connectivity index (χ4n) is 1.34. The summed E-state index contributed by atoms with van der Waals surface area (Å²) in [5.74, 6) is 0.206. The fraction of sp³-hybridized carbons (Fsp3) is 0.462. The molecule has 0 aliphatic rings. The van der Waals surface area contributed by atoms with Gasteiger partial charge >= 0.3 is 0 Å². The Morgan fingerprint density at radius 2 is 1.89 bits per heavy atom. The Morgan fingerprint density at radius 3 is 2.37 bits per heavy atom. The molecular weight excluding hydrogens is 287 g/mol. The third-order valence-corrected chi connectivity index (χ3v) is 2.93. The number of hydrogen-bond donors (Lipinski definition) is 2. The largest absolute Gasteiger partial charge is 0.481 e. The third kappa shape index (κ3) is 5.27. The highest BCUT2D eigenvalue weighted by Gasteiger charge is 2.23. The van der Waals surface area contributed by atoms with Gasteiger partial charge in [-0.2, -0.15) is 0 Å². The summed E-state index contributed by atoms with van der Waals surface area (Å²) in [7, 11) is 0. The van der Waals surface area contributed by atoms with Gasteiger partial charge in [0.2, 0.25) is 0 Å². The lowest BCUT2D eigenvalue weighted by Gasteiger charge is -2.26. The van der Waals surface area contributed by atoms with Crippen molar-refractivity contribution in [1.82, 2.24) is 5.32 Å². The molecule has 0 aliphatic carbocycles. The van der Waals surface area contributed by atoms with Gasteiger partial charge in [-0.1, -0.05) is 23.2 Å². The Morgan fingerprint density at radius 1 is 1.37 bits per heavy atom. The monoisotopic (exact) mass is 304 g/mol. The summed E-state index contributed by atoms with van der Waals surface area (Å²) < 4.78 is 5.51. The summed E-state index contributed by atoms with van der Waals surface area (Å²) >= 11 is 11.7. The van der Waals surface area contributed by atoms with E-state index in [-0.39, 0.29) is 5.91 Å². The predicted octanol–water partition coefficient (Wildman–Crippen LogP) is 2.61. The van der Waals surface area contributed by atoms with E-state index in [4.69, 9.17) is 33.7 Å². The summed E-state index contributed by atoms with van der Waals surface area (Å²) in [4.78, 5) is 11.9. The maximum atomic E-state index is 11.9. The van der Waals surface area contributed by atoms with Crippen LogP contribution in [0.5, 0.6) is 5.75 Å². The van der Waals surface area contributed by atoms with Crippen LogP contribution in [0.4, 0.5) is 0 Å². The van der Waals surface area contributed by atoms with E-state index in [1.165, 1.54) is 0 Å². The molecule has 1 aromatic carbocycles. The molecule has 3 N–H and O–H groups in total. The van der Waals surface area contributed by atoms with Crippen molar-refractivity contribution in [1.29, 1.82) is 0 Å². The van der Waals surface area contributed by atoms with Crippen LogP contribution in [0.3, 0.4) is 0 Å². The minimum atomic E-state index is -0.666. The van der Waals surface area contributed by atoms with E-state index in [0.717, 1.165) is 0 Å². The van der Waals surface area contributed by atoms with Gasteiger partial charge in [-0.15, -0.1) is 0 Å². The highest BCUT2D eigenvalue weighted by atomic mass is 35.5. The smallest absolute Gasteiger partial charge is 0.261 e. The molecule has 0 aromatic heterocycles. The van der Waals surface area contributed by atoms with Crippen molar-refractivity contribution in [2.75, 3.05) is 6.54 Å². The fourth-order valence-corrected chi connectivity index (χ4v) is 1.85. The van der Waals surface area contributed by atoms with Crippen molar-refractivity contribution in [2.24, 2.45) is 5.73 Å². The van der Waals surface area contributed by atoms with E-state index in [0.29, 0.717) is 22.3 Å². The Labute approximate surface area is 123 Å². The van der Waals surface area contributed by atoms with E-state index in [1.807, 2.05) is 13.8 Å². The second-order valence-corrected chi connectivity index (χ2v) is 5.82. The molecule has 0 heterocycles. The molecule has 19 heavy (non-hydrogen) atoms. The van der Waals surface area contributed by atoms with Crippen LogP contribution in [0.25, 0.3) is 0 Å². The van der Waals surface area contributed by atoms with Crippen LogP contribution < -0.4 is 15.8 Å². The van der Waals surface area contributed by atoms with Crippen LogP contribution in [0.15, 0.2) is 18.2 Å². The Kier molecular flexibility index (Phi) is 5.47. The molecule has 0 bridgehead atoms. The average Bonchev–Trinajstić information content (AvgIpc) is 2.26. The molecule has 0 saturated carbocycles.